The molecule has 4 rings (SSSR count). The summed E-state index contributed by atoms with van der Waals surface area (Å²) in [6.45, 7) is 3.43. The minimum Gasteiger partial charge on any atom is -0.403 e. The van der Waals surface area contributed by atoms with Crippen molar-refractivity contribution in [2.45, 2.75) is 45.4 Å². The van der Waals surface area contributed by atoms with Crippen LogP contribution in [0.5, 0.6) is 5.75 Å². The first-order chi connectivity index (χ1) is 13.8. The topological polar surface area (TPSA) is 120 Å². The van der Waals surface area contributed by atoms with Gasteiger partial charge in [0, 0.05) is 29.3 Å². The first-order valence-corrected chi connectivity index (χ1v) is 10.9. The smallest absolute Gasteiger partial charge is 0.403 e. The molecule has 1 saturated carbocycles. The van der Waals surface area contributed by atoms with Crippen molar-refractivity contribution in [2.75, 3.05) is 6.61 Å². The number of aliphatic hydroxyl groups is 1. The van der Waals surface area contributed by atoms with Crippen LogP contribution >= 0.6 is 7.82 Å². The fraction of sp³-hybridized carbons (Fsp3) is 0.474. The number of para-hydroxylation sites is 1. The predicted molar refractivity (Wildman–Crippen MR) is 104 cm³/mol. The number of nitrogens with one attached hydrogen (secondary N) is 1. The molecule has 29 heavy (non-hydrogen) atoms. The molecule has 0 spiro atoms. The molecule has 2 N–H and O–H groups in total. The number of nitrogens with zero attached hydrogens (tertiary/aromatic N) is 1. The van der Waals surface area contributed by atoms with Gasteiger partial charge in [-0.2, -0.15) is 0 Å². The van der Waals surface area contributed by atoms with E-state index in [0.717, 1.165) is 11.1 Å². The Labute approximate surface area is 166 Å². The number of benzene rings is 1. The Morgan fingerprint density at radius 3 is 2.86 bits per heavy atom. The molecule has 1 unspecified atom stereocenters. The molecule has 0 radical (unpaired) electrons. The van der Waals surface area contributed by atoms with Crippen molar-refractivity contribution in [3.8, 4) is 5.75 Å². The monoisotopic (exact) mass is 422 g/mol. The summed E-state index contributed by atoms with van der Waals surface area (Å²) < 4.78 is 30.8. The van der Waals surface area contributed by atoms with Crippen LogP contribution in [0.15, 0.2) is 34.0 Å². The lowest BCUT2D eigenvalue weighted by molar-refractivity contribution is 0.0579. The SMILES string of the molecule is Cc1cccc2c1OP(=O)(OC[C@@H]1[C@@H](O)CC[C@@H]1n1cc(C)c(=O)[nH]c1=O)OC2. The Morgan fingerprint density at radius 2 is 2.07 bits per heavy atom. The van der Waals surface area contributed by atoms with Gasteiger partial charge in [-0.05, 0) is 32.3 Å². The Balaban J connectivity index is 1.53. The van der Waals surface area contributed by atoms with Gasteiger partial charge in [-0.3, -0.25) is 23.4 Å². The molecule has 4 atom stereocenters. The largest absolute Gasteiger partial charge is 0.530 e. The summed E-state index contributed by atoms with van der Waals surface area (Å²) in [6.07, 6.45) is 1.71. The summed E-state index contributed by atoms with van der Waals surface area (Å²) in [6, 6.07) is 5.13. The molecule has 10 heteroatoms. The Kier molecular flexibility index (Phi) is 5.25. The van der Waals surface area contributed by atoms with Crippen LogP contribution in [0.25, 0.3) is 0 Å². The lowest BCUT2D eigenvalue weighted by atomic mass is 10.0. The first kappa shape index (κ1) is 20.1. The zero-order chi connectivity index (χ0) is 20.8. The second-order valence-electron chi connectivity index (χ2n) is 7.53. The van der Waals surface area contributed by atoms with Gasteiger partial charge in [0.1, 0.15) is 5.75 Å². The number of aryl methyl sites for hydroxylation is 2. The molecule has 9 nitrogen and oxygen atoms in total. The highest BCUT2D eigenvalue weighted by molar-refractivity contribution is 7.49. The number of aromatic amines is 1. The van der Waals surface area contributed by atoms with Crippen LogP contribution in [0.4, 0.5) is 0 Å². The highest BCUT2D eigenvalue weighted by atomic mass is 31.2. The Hall–Kier alpha value is -2.19. The number of phosphoric ester groups is 1. The van der Waals surface area contributed by atoms with Crippen LogP contribution in [0.1, 0.15) is 35.6 Å². The van der Waals surface area contributed by atoms with E-state index >= 15 is 0 Å². The number of hydrogen-bond donors (Lipinski definition) is 2. The molecular weight excluding hydrogens is 399 g/mol. The van der Waals surface area contributed by atoms with Crippen molar-refractivity contribution in [1.82, 2.24) is 9.55 Å². The summed E-state index contributed by atoms with van der Waals surface area (Å²) in [7, 11) is -3.86. The molecule has 0 saturated heterocycles. The molecule has 0 bridgehead atoms. The molecule has 1 aliphatic heterocycles. The van der Waals surface area contributed by atoms with E-state index in [1.54, 1.807) is 6.92 Å². The van der Waals surface area contributed by atoms with E-state index in [-0.39, 0.29) is 13.2 Å². The average molecular weight is 422 g/mol. The lowest BCUT2D eigenvalue weighted by Gasteiger charge is -2.29. The van der Waals surface area contributed by atoms with Crippen LogP contribution in [-0.2, 0) is 20.2 Å². The Morgan fingerprint density at radius 1 is 1.28 bits per heavy atom. The highest BCUT2D eigenvalue weighted by Crippen LogP contribution is 2.56. The molecule has 2 aromatic rings. The number of H-pyrrole nitrogens is 1. The summed E-state index contributed by atoms with van der Waals surface area (Å²) in [5, 5.41) is 10.4. The first-order valence-electron chi connectivity index (χ1n) is 9.45. The molecule has 2 heterocycles. The molecule has 1 aromatic carbocycles. The van der Waals surface area contributed by atoms with Gasteiger partial charge >= 0.3 is 13.5 Å². The van der Waals surface area contributed by atoms with E-state index in [1.807, 2.05) is 25.1 Å². The van der Waals surface area contributed by atoms with Gasteiger partial charge in [0.25, 0.3) is 5.56 Å². The van der Waals surface area contributed by atoms with Gasteiger partial charge in [0.15, 0.2) is 0 Å². The normalized spacial score (nSPS) is 28.7. The molecule has 2 aliphatic rings. The number of fused-ring (bicyclic) bond motifs is 1. The molecule has 1 aliphatic carbocycles. The highest BCUT2D eigenvalue weighted by Gasteiger charge is 2.41. The maximum atomic E-state index is 13.0. The quantitative estimate of drug-likeness (QED) is 0.725. The van der Waals surface area contributed by atoms with Crippen molar-refractivity contribution >= 4 is 7.82 Å². The van der Waals surface area contributed by atoms with E-state index in [4.69, 9.17) is 13.6 Å². The van der Waals surface area contributed by atoms with Crippen LogP contribution in [0.2, 0.25) is 0 Å². The van der Waals surface area contributed by atoms with E-state index in [1.165, 1.54) is 10.8 Å². The van der Waals surface area contributed by atoms with Gasteiger partial charge in [-0.25, -0.2) is 9.36 Å². The number of aliphatic hydroxyl groups excluding tert-OH is 1. The lowest BCUT2D eigenvalue weighted by Crippen LogP contribution is -2.37. The zero-order valence-corrected chi connectivity index (χ0v) is 17.1. The minimum atomic E-state index is -3.86. The van der Waals surface area contributed by atoms with E-state index in [9.17, 15) is 19.3 Å². The summed E-state index contributed by atoms with van der Waals surface area (Å²) >= 11 is 0. The second-order valence-corrected chi connectivity index (χ2v) is 9.12. The van der Waals surface area contributed by atoms with Gasteiger partial charge < -0.3 is 9.63 Å². The minimum absolute atomic E-state index is 0.101. The molecule has 0 amide bonds. The fourth-order valence-corrected chi connectivity index (χ4v) is 5.23. The molecular formula is C19H23N2O7P. The maximum absolute atomic E-state index is 13.0. The van der Waals surface area contributed by atoms with Gasteiger partial charge in [0.05, 0.1) is 19.3 Å². The van der Waals surface area contributed by atoms with Gasteiger partial charge in [-0.15, -0.1) is 0 Å². The number of rotatable bonds is 4. The Bertz CT molecular complexity index is 1090. The van der Waals surface area contributed by atoms with Crippen molar-refractivity contribution in [3.05, 3.63) is 61.9 Å². The standard InChI is InChI=1S/C19H23N2O7P/c1-11-4-3-5-13-9-26-29(25,28-17(11)13)27-10-14-15(6-7-16(14)22)21-8-12(2)18(23)20-19(21)24/h3-5,8,14-16,22H,6-7,9-10H2,1-2H3,(H,20,23,24)/t14-,15-,16-,29?/m0/s1. The zero-order valence-electron chi connectivity index (χ0n) is 16.2. The third-order valence-electron chi connectivity index (χ3n) is 5.55. The summed E-state index contributed by atoms with van der Waals surface area (Å²) in [5.41, 5.74) is 1.01. The second kappa shape index (κ2) is 7.57. The molecule has 1 fully saturated rings. The number of aromatic nitrogens is 2. The van der Waals surface area contributed by atoms with Crippen molar-refractivity contribution in [2.24, 2.45) is 5.92 Å². The molecule has 1 aromatic heterocycles. The number of phosphoric acid groups is 1. The predicted octanol–water partition coefficient (Wildman–Crippen LogP) is 2.20. The molecule has 156 valence electrons. The van der Waals surface area contributed by atoms with Crippen LogP contribution in [0, 0.1) is 19.8 Å². The van der Waals surface area contributed by atoms with Crippen LogP contribution in [0.3, 0.4) is 0 Å². The third-order valence-corrected chi connectivity index (χ3v) is 6.87. The van der Waals surface area contributed by atoms with Crippen LogP contribution < -0.4 is 15.8 Å². The van der Waals surface area contributed by atoms with Gasteiger partial charge in [0.2, 0.25) is 0 Å². The number of hydrogen-bond acceptors (Lipinski definition) is 7. The summed E-state index contributed by atoms with van der Waals surface area (Å²) in [5.74, 6) is -0.0209. The van der Waals surface area contributed by atoms with E-state index < -0.39 is 37.1 Å². The van der Waals surface area contributed by atoms with Crippen molar-refractivity contribution < 1.29 is 23.2 Å². The fourth-order valence-electron chi connectivity index (χ4n) is 3.91. The van der Waals surface area contributed by atoms with Crippen LogP contribution in [-0.4, -0.2) is 27.4 Å². The van der Waals surface area contributed by atoms with Crippen molar-refractivity contribution in [1.29, 1.82) is 0 Å². The van der Waals surface area contributed by atoms with Crippen molar-refractivity contribution in [3.63, 3.8) is 0 Å². The maximum Gasteiger partial charge on any atom is 0.530 e. The van der Waals surface area contributed by atoms with Gasteiger partial charge in [-0.1, -0.05) is 18.2 Å². The van der Waals surface area contributed by atoms with E-state index in [0.29, 0.717) is 24.2 Å². The average Bonchev–Trinajstić information content (AvgIpc) is 3.04. The van der Waals surface area contributed by atoms with E-state index in [2.05, 4.69) is 4.98 Å². The third kappa shape index (κ3) is 3.83. The summed E-state index contributed by atoms with van der Waals surface area (Å²) in [4.78, 5) is 26.2.